The number of nitrogens with zero attached hydrogens (tertiary/aromatic N) is 1. The van der Waals surface area contributed by atoms with Gasteiger partial charge in [-0.25, -0.2) is 0 Å². The normalized spacial score (nSPS) is 10.2. The summed E-state index contributed by atoms with van der Waals surface area (Å²) in [4.78, 5) is 12.5. The number of nitrogens with one attached hydrogen (secondary N) is 1. The van der Waals surface area contributed by atoms with Gasteiger partial charge in [0, 0.05) is 6.54 Å². The fourth-order valence-corrected chi connectivity index (χ4v) is 2.28. The fraction of sp³-hybridized carbons (Fsp3) is 0.316. The lowest BCUT2D eigenvalue weighted by Gasteiger charge is -2.24. The van der Waals surface area contributed by atoms with E-state index in [2.05, 4.69) is 12.3 Å². The van der Waals surface area contributed by atoms with Gasteiger partial charge in [-0.2, -0.15) is 0 Å². The van der Waals surface area contributed by atoms with E-state index < -0.39 is 0 Å². The summed E-state index contributed by atoms with van der Waals surface area (Å²) in [5.74, 6) is 0.891. The molecule has 0 aromatic heterocycles. The Balaban J connectivity index is 2.01. The summed E-state index contributed by atoms with van der Waals surface area (Å²) in [7, 11) is 0. The zero-order valence-electron chi connectivity index (χ0n) is 13.8. The monoisotopic (exact) mass is 312 g/mol. The predicted octanol–water partition coefficient (Wildman–Crippen LogP) is 3.89. The number of benzene rings is 2. The molecule has 2 aromatic carbocycles. The van der Waals surface area contributed by atoms with Gasteiger partial charge in [0.1, 0.15) is 5.75 Å². The van der Waals surface area contributed by atoms with E-state index >= 15 is 0 Å². The molecule has 0 heterocycles. The molecule has 2 aromatic rings. The van der Waals surface area contributed by atoms with E-state index in [4.69, 9.17) is 4.74 Å². The average molecular weight is 312 g/mol. The molecule has 1 amide bonds. The van der Waals surface area contributed by atoms with Crippen LogP contribution in [0.1, 0.15) is 25.8 Å². The third-order valence-electron chi connectivity index (χ3n) is 3.38. The minimum absolute atomic E-state index is 0.0620. The number of rotatable bonds is 8. The number of amides is 1. The van der Waals surface area contributed by atoms with E-state index in [1.54, 1.807) is 5.01 Å². The number of hydrogen-bond acceptors (Lipinski definition) is 3. The number of hydrogen-bond donors (Lipinski definition) is 1. The Bertz CT molecular complexity index is 597. The highest BCUT2D eigenvalue weighted by atomic mass is 16.5. The quantitative estimate of drug-likeness (QED) is 0.752. The maximum absolute atomic E-state index is 12.5. The highest BCUT2D eigenvalue weighted by Gasteiger charge is 2.13. The predicted molar refractivity (Wildman–Crippen MR) is 93.4 cm³/mol. The van der Waals surface area contributed by atoms with Crippen molar-refractivity contribution >= 4 is 11.6 Å². The molecule has 4 heteroatoms. The smallest absolute Gasteiger partial charge is 0.245 e. The van der Waals surface area contributed by atoms with Crippen molar-refractivity contribution in [2.45, 2.75) is 26.7 Å². The van der Waals surface area contributed by atoms with Crippen molar-refractivity contribution in [2.24, 2.45) is 0 Å². The molecule has 4 nitrogen and oxygen atoms in total. The van der Waals surface area contributed by atoms with Gasteiger partial charge in [-0.05, 0) is 43.2 Å². The topological polar surface area (TPSA) is 41.6 Å². The molecule has 0 aliphatic carbocycles. The van der Waals surface area contributed by atoms with E-state index in [0.717, 1.165) is 23.4 Å². The van der Waals surface area contributed by atoms with Crippen molar-refractivity contribution in [3.8, 4) is 5.75 Å². The van der Waals surface area contributed by atoms with Crippen LogP contribution in [0.2, 0.25) is 0 Å². The molecule has 0 bridgehead atoms. The van der Waals surface area contributed by atoms with Crippen molar-refractivity contribution in [2.75, 3.05) is 18.6 Å². The van der Waals surface area contributed by atoms with Gasteiger partial charge in [0.15, 0.2) is 0 Å². The van der Waals surface area contributed by atoms with Gasteiger partial charge in [0.25, 0.3) is 0 Å². The van der Waals surface area contributed by atoms with Crippen molar-refractivity contribution in [1.29, 1.82) is 0 Å². The van der Waals surface area contributed by atoms with Crippen LogP contribution in [-0.4, -0.2) is 24.1 Å². The van der Waals surface area contributed by atoms with Crippen LogP contribution in [-0.2, 0) is 11.2 Å². The molecule has 2 rings (SSSR count). The standard InChI is InChI=1S/C19H24N2O2/c1-3-14-21(19(22)15-16-8-6-5-7-9-16)20-17-10-12-18(13-11-17)23-4-2/h5-13,20H,3-4,14-15H2,1-2H3. The average Bonchev–Trinajstić information content (AvgIpc) is 2.57. The molecule has 0 spiro atoms. The van der Waals surface area contributed by atoms with Crippen molar-refractivity contribution in [3.05, 3.63) is 60.2 Å². The van der Waals surface area contributed by atoms with Gasteiger partial charge < -0.3 is 4.74 Å². The molecule has 0 aliphatic heterocycles. The first-order valence-electron chi connectivity index (χ1n) is 8.06. The second kappa shape index (κ2) is 8.83. The Morgan fingerprint density at radius 3 is 2.35 bits per heavy atom. The van der Waals surface area contributed by atoms with Crippen LogP contribution < -0.4 is 10.2 Å². The van der Waals surface area contributed by atoms with Crippen LogP contribution in [0.5, 0.6) is 5.75 Å². The van der Waals surface area contributed by atoms with Crippen LogP contribution >= 0.6 is 0 Å². The second-order valence-corrected chi connectivity index (χ2v) is 5.28. The summed E-state index contributed by atoms with van der Waals surface area (Å²) in [6.45, 7) is 5.32. The zero-order chi connectivity index (χ0) is 16.5. The second-order valence-electron chi connectivity index (χ2n) is 5.28. The Morgan fingerprint density at radius 2 is 1.74 bits per heavy atom. The summed E-state index contributed by atoms with van der Waals surface area (Å²) in [6.07, 6.45) is 1.29. The largest absolute Gasteiger partial charge is 0.494 e. The van der Waals surface area contributed by atoms with Gasteiger partial charge in [0.05, 0.1) is 18.7 Å². The molecule has 0 radical (unpaired) electrons. The number of carbonyl (C=O) groups excluding carboxylic acids is 1. The van der Waals surface area contributed by atoms with Crippen LogP contribution in [0.3, 0.4) is 0 Å². The first-order valence-corrected chi connectivity index (χ1v) is 8.06. The molecule has 0 atom stereocenters. The number of ether oxygens (including phenoxy) is 1. The van der Waals surface area contributed by atoms with Gasteiger partial charge in [0.2, 0.25) is 5.91 Å². The number of hydrazine groups is 1. The number of carbonyl (C=O) groups is 1. The van der Waals surface area contributed by atoms with Crippen LogP contribution in [0.4, 0.5) is 5.69 Å². The van der Waals surface area contributed by atoms with E-state index in [9.17, 15) is 4.79 Å². The third-order valence-corrected chi connectivity index (χ3v) is 3.38. The minimum Gasteiger partial charge on any atom is -0.494 e. The lowest BCUT2D eigenvalue weighted by molar-refractivity contribution is -0.129. The highest BCUT2D eigenvalue weighted by Crippen LogP contribution is 2.16. The Hall–Kier alpha value is -2.49. The van der Waals surface area contributed by atoms with Crippen LogP contribution in [0.25, 0.3) is 0 Å². The first-order chi connectivity index (χ1) is 11.2. The lowest BCUT2D eigenvalue weighted by Crippen LogP contribution is -2.37. The van der Waals surface area contributed by atoms with Crippen molar-refractivity contribution in [3.63, 3.8) is 0 Å². The summed E-state index contributed by atoms with van der Waals surface area (Å²) in [6, 6.07) is 17.4. The van der Waals surface area contributed by atoms with Gasteiger partial charge in [-0.1, -0.05) is 37.3 Å². The fourth-order valence-electron chi connectivity index (χ4n) is 2.28. The Kier molecular flexibility index (Phi) is 6.48. The molecular weight excluding hydrogens is 288 g/mol. The first kappa shape index (κ1) is 16.9. The molecule has 23 heavy (non-hydrogen) atoms. The highest BCUT2D eigenvalue weighted by molar-refractivity contribution is 5.80. The lowest BCUT2D eigenvalue weighted by atomic mass is 10.1. The Morgan fingerprint density at radius 1 is 1.04 bits per heavy atom. The van der Waals surface area contributed by atoms with E-state index in [1.165, 1.54) is 0 Å². The SMILES string of the molecule is CCCN(Nc1ccc(OCC)cc1)C(=O)Cc1ccccc1. The Labute approximate surface area is 138 Å². The van der Waals surface area contributed by atoms with Crippen LogP contribution in [0.15, 0.2) is 54.6 Å². The molecule has 0 saturated heterocycles. The van der Waals surface area contributed by atoms with Crippen LogP contribution in [0, 0.1) is 0 Å². The third kappa shape index (κ3) is 5.33. The zero-order valence-corrected chi connectivity index (χ0v) is 13.8. The number of anilines is 1. The summed E-state index contributed by atoms with van der Waals surface area (Å²) in [5.41, 5.74) is 5.10. The molecule has 0 aliphatic rings. The molecule has 1 N–H and O–H groups in total. The van der Waals surface area contributed by atoms with E-state index in [0.29, 0.717) is 19.6 Å². The van der Waals surface area contributed by atoms with Crippen molar-refractivity contribution < 1.29 is 9.53 Å². The molecular formula is C19H24N2O2. The molecule has 0 fully saturated rings. The summed E-state index contributed by atoms with van der Waals surface area (Å²) >= 11 is 0. The van der Waals surface area contributed by atoms with Gasteiger partial charge in [-0.3, -0.25) is 15.2 Å². The van der Waals surface area contributed by atoms with E-state index in [-0.39, 0.29) is 5.91 Å². The maximum Gasteiger partial charge on any atom is 0.245 e. The van der Waals surface area contributed by atoms with Gasteiger partial charge >= 0.3 is 0 Å². The molecule has 0 saturated carbocycles. The van der Waals surface area contributed by atoms with Crippen molar-refractivity contribution in [1.82, 2.24) is 5.01 Å². The minimum atomic E-state index is 0.0620. The van der Waals surface area contributed by atoms with E-state index in [1.807, 2.05) is 61.5 Å². The summed E-state index contributed by atoms with van der Waals surface area (Å²) in [5, 5.41) is 1.68. The maximum atomic E-state index is 12.5. The summed E-state index contributed by atoms with van der Waals surface area (Å²) < 4.78 is 5.43. The van der Waals surface area contributed by atoms with Gasteiger partial charge in [-0.15, -0.1) is 0 Å². The molecule has 0 unspecified atom stereocenters. The molecule has 122 valence electrons.